The first kappa shape index (κ1) is 15.6. The predicted molar refractivity (Wildman–Crippen MR) is 86.6 cm³/mol. The standard InChI is InChI=1S/C15H19N5O2/c1-4-22-13-7-5-11(6-8-13)18-15(21)19-12-9-16-14(17-10-12)20(2)3/h5-10H,4H2,1-3H3,(H2,18,19,21). The molecular weight excluding hydrogens is 282 g/mol. The van der Waals surface area contributed by atoms with Gasteiger partial charge in [-0.05, 0) is 31.2 Å². The van der Waals surface area contributed by atoms with Gasteiger partial charge in [0.2, 0.25) is 5.95 Å². The van der Waals surface area contributed by atoms with E-state index >= 15 is 0 Å². The molecule has 2 amide bonds. The van der Waals surface area contributed by atoms with E-state index in [1.54, 1.807) is 41.6 Å². The van der Waals surface area contributed by atoms with Crippen LogP contribution < -0.4 is 20.3 Å². The van der Waals surface area contributed by atoms with E-state index in [4.69, 9.17) is 4.74 Å². The molecule has 1 aromatic heterocycles. The number of hydrogen-bond donors (Lipinski definition) is 2. The Bertz CT molecular complexity index is 611. The summed E-state index contributed by atoms with van der Waals surface area (Å²) in [6.07, 6.45) is 3.11. The lowest BCUT2D eigenvalue weighted by atomic mass is 10.3. The van der Waals surface area contributed by atoms with Gasteiger partial charge in [0.05, 0.1) is 24.7 Å². The topological polar surface area (TPSA) is 79.4 Å². The maximum atomic E-state index is 11.9. The molecular formula is C15H19N5O2. The zero-order valence-electron chi connectivity index (χ0n) is 12.8. The Morgan fingerprint density at radius 1 is 1.09 bits per heavy atom. The molecule has 0 unspecified atom stereocenters. The third-order valence-corrected chi connectivity index (χ3v) is 2.72. The molecule has 2 N–H and O–H groups in total. The fourth-order valence-corrected chi connectivity index (χ4v) is 1.71. The average Bonchev–Trinajstić information content (AvgIpc) is 2.50. The molecule has 1 heterocycles. The van der Waals surface area contributed by atoms with Gasteiger partial charge in [-0.15, -0.1) is 0 Å². The number of urea groups is 1. The van der Waals surface area contributed by atoms with E-state index in [0.29, 0.717) is 23.9 Å². The lowest BCUT2D eigenvalue weighted by molar-refractivity contribution is 0.262. The third kappa shape index (κ3) is 4.34. The zero-order chi connectivity index (χ0) is 15.9. The molecule has 0 bridgehead atoms. The van der Waals surface area contributed by atoms with Crippen molar-refractivity contribution in [3.63, 3.8) is 0 Å². The van der Waals surface area contributed by atoms with E-state index in [1.165, 1.54) is 0 Å². The van der Waals surface area contributed by atoms with Crippen LogP contribution in [0, 0.1) is 0 Å². The van der Waals surface area contributed by atoms with E-state index in [1.807, 2.05) is 21.0 Å². The Balaban J connectivity index is 1.91. The highest BCUT2D eigenvalue weighted by Gasteiger charge is 2.05. The van der Waals surface area contributed by atoms with Crippen LogP contribution in [-0.2, 0) is 0 Å². The van der Waals surface area contributed by atoms with Crippen LogP contribution in [0.3, 0.4) is 0 Å². The summed E-state index contributed by atoms with van der Waals surface area (Å²) in [6.45, 7) is 2.53. The van der Waals surface area contributed by atoms with E-state index in [0.717, 1.165) is 5.75 Å². The number of ether oxygens (including phenoxy) is 1. The van der Waals surface area contributed by atoms with Gasteiger partial charge >= 0.3 is 6.03 Å². The smallest absolute Gasteiger partial charge is 0.323 e. The predicted octanol–water partition coefficient (Wildman–Crippen LogP) is 2.59. The molecule has 0 saturated carbocycles. The highest BCUT2D eigenvalue weighted by Crippen LogP contribution is 2.16. The van der Waals surface area contributed by atoms with Gasteiger partial charge in [-0.3, -0.25) is 0 Å². The minimum Gasteiger partial charge on any atom is -0.494 e. The summed E-state index contributed by atoms with van der Waals surface area (Å²) in [5.41, 5.74) is 1.20. The van der Waals surface area contributed by atoms with Crippen LogP contribution in [0.25, 0.3) is 0 Å². The number of benzene rings is 1. The molecule has 0 saturated heterocycles. The number of rotatable bonds is 5. The molecule has 116 valence electrons. The largest absolute Gasteiger partial charge is 0.494 e. The van der Waals surface area contributed by atoms with Gasteiger partial charge in [0.25, 0.3) is 0 Å². The second-order valence-electron chi connectivity index (χ2n) is 4.70. The summed E-state index contributed by atoms with van der Waals surface area (Å²) in [5.74, 6) is 1.35. The fraction of sp³-hybridized carbons (Fsp3) is 0.267. The maximum absolute atomic E-state index is 11.9. The SMILES string of the molecule is CCOc1ccc(NC(=O)Nc2cnc(N(C)C)nc2)cc1. The Kier molecular flexibility index (Phi) is 5.13. The Hall–Kier alpha value is -2.83. The van der Waals surface area contributed by atoms with Gasteiger partial charge in [-0.25, -0.2) is 14.8 Å². The number of anilines is 3. The molecule has 0 spiro atoms. The first-order valence-corrected chi connectivity index (χ1v) is 6.88. The molecule has 1 aromatic carbocycles. The molecule has 0 radical (unpaired) electrons. The van der Waals surface area contributed by atoms with Gasteiger partial charge in [0.1, 0.15) is 5.75 Å². The van der Waals surface area contributed by atoms with Crippen LogP contribution in [0.5, 0.6) is 5.75 Å². The molecule has 0 aliphatic carbocycles. The second-order valence-corrected chi connectivity index (χ2v) is 4.70. The highest BCUT2D eigenvalue weighted by molar-refractivity contribution is 5.99. The highest BCUT2D eigenvalue weighted by atomic mass is 16.5. The second kappa shape index (κ2) is 7.26. The van der Waals surface area contributed by atoms with Gasteiger partial charge in [0.15, 0.2) is 0 Å². The van der Waals surface area contributed by atoms with E-state index in [9.17, 15) is 4.79 Å². The van der Waals surface area contributed by atoms with Crippen molar-refractivity contribution < 1.29 is 9.53 Å². The lowest BCUT2D eigenvalue weighted by Gasteiger charge is -2.11. The monoisotopic (exact) mass is 301 g/mol. The van der Waals surface area contributed by atoms with Crippen LogP contribution in [0.1, 0.15) is 6.92 Å². The number of nitrogens with one attached hydrogen (secondary N) is 2. The minimum absolute atomic E-state index is 0.356. The number of hydrogen-bond acceptors (Lipinski definition) is 5. The Morgan fingerprint density at radius 2 is 1.68 bits per heavy atom. The lowest BCUT2D eigenvalue weighted by Crippen LogP contribution is -2.20. The maximum Gasteiger partial charge on any atom is 0.323 e. The molecule has 2 rings (SSSR count). The summed E-state index contributed by atoms with van der Waals surface area (Å²) in [4.78, 5) is 21.9. The first-order valence-electron chi connectivity index (χ1n) is 6.88. The van der Waals surface area contributed by atoms with E-state index < -0.39 is 0 Å². The molecule has 22 heavy (non-hydrogen) atoms. The van der Waals surface area contributed by atoms with Crippen molar-refractivity contribution in [1.29, 1.82) is 0 Å². The van der Waals surface area contributed by atoms with Crippen LogP contribution in [0.2, 0.25) is 0 Å². The zero-order valence-corrected chi connectivity index (χ0v) is 12.8. The normalized spacial score (nSPS) is 9.95. The van der Waals surface area contributed by atoms with Crippen LogP contribution in [0.15, 0.2) is 36.7 Å². The van der Waals surface area contributed by atoms with E-state index in [-0.39, 0.29) is 6.03 Å². The average molecular weight is 301 g/mol. The number of amides is 2. The molecule has 0 fully saturated rings. The molecule has 7 heteroatoms. The quantitative estimate of drug-likeness (QED) is 0.887. The fourth-order valence-electron chi connectivity index (χ4n) is 1.71. The van der Waals surface area contributed by atoms with Crippen molar-refractivity contribution in [2.24, 2.45) is 0 Å². The summed E-state index contributed by atoms with van der Waals surface area (Å²) in [7, 11) is 3.70. The van der Waals surface area contributed by atoms with Crippen LogP contribution in [-0.4, -0.2) is 36.7 Å². The number of nitrogens with zero attached hydrogens (tertiary/aromatic N) is 3. The molecule has 0 aliphatic rings. The molecule has 0 aliphatic heterocycles. The number of carbonyl (C=O) groups excluding carboxylic acids is 1. The van der Waals surface area contributed by atoms with Crippen molar-refractivity contribution in [2.75, 3.05) is 36.2 Å². The molecule has 7 nitrogen and oxygen atoms in total. The van der Waals surface area contributed by atoms with Crippen molar-refractivity contribution >= 4 is 23.4 Å². The van der Waals surface area contributed by atoms with Crippen LogP contribution in [0.4, 0.5) is 22.1 Å². The third-order valence-electron chi connectivity index (χ3n) is 2.72. The first-order chi connectivity index (χ1) is 10.6. The van der Waals surface area contributed by atoms with Gasteiger partial charge in [0, 0.05) is 19.8 Å². The van der Waals surface area contributed by atoms with Crippen molar-refractivity contribution in [3.8, 4) is 5.75 Å². The van der Waals surface area contributed by atoms with Crippen molar-refractivity contribution in [3.05, 3.63) is 36.7 Å². The summed E-state index contributed by atoms with van der Waals surface area (Å²) in [6, 6.07) is 6.79. The molecule has 2 aromatic rings. The summed E-state index contributed by atoms with van der Waals surface area (Å²) < 4.78 is 5.34. The van der Waals surface area contributed by atoms with Gasteiger partial charge in [-0.2, -0.15) is 0 Å². The van der Waals surface area contributed by atoms with E-state index in [2.05, 4.69) is 20.6 Å². The summed E-state index contributed by atoms with van der Waals surface area (Å²) in [5, 5.41) is 5.40. The van der Waals surface area contributed by atoms with Gasteiger partial charge in [-0.1, -0.05) is 0 Å². The number of aromatic nitrogens is 2. The molecule has 0 atom stereocenters. The van der Waals surface area contributed by atoms with Crippen LogP contribution >= 0.6 is 0 Å². The van der Waals surface area contributed by atoms with Crippen molar-refractivity contribution in [1.82, 2.24) is 9.97 Å². The van der Waals surface area contributed by atoms with Gasteiger partial charge < -0.3 is 20.3 Å². The number of carbonyl (C=O) groups is 1. The Labute approximate surface area is 129 Å². The Morgan fingerprint density at radius 3 is 2.23 bits per heavy atom. The minimum atomic E-state index is -0.356. The summed E-state index contributed by atoms with van der Waals surface area (Å²) >= 11 is 0. The van der Waals surface area contributed by atoms with Crippen molar-refractivity contribution in [2.45, 2.75) is 6.92 Å².